The normalized spacial score (nSPS) is 30.6. The molecule has 0 bridgehead atoms. The Bertz CT molecular complexity index is 98.7. The largest absolute Gasteiger partial charge is 0.393 e. The van der Waals surface area contributed by atoms with Crippen LogP contribution in [0.4, 0.5) is 0 Å². The summed E-state index contributed by atoms with van der Waals surface area (Å²) in [5, 5.41) is 8.86. The molecule has 0 radical (unpaired) electrons. The maximum absolute atomic E-state index is 10.5. The summed E-state index contributed by atoms with van der Waals surface area (Å²) in [4.78, 5) is 10.5. The van der Waals surface area contributed by atoms with Crippen molar-refractivity contribution < 1.29 is 9.90 Å². The van der Waals surface area contributed by atoms with Gasteiger partial charge >= 0.3 is 0 Å². The first-order valence-electron chi connectivity index (χ1n) is 2.99. The SMILES string of the molecule is O=C1CCC[C@@H](O)C1. The van der Waals surface area contributed by atoms with Crippen molar-refractivity contribution in [1.29, 1.82) is 0 Å². The van der Waals surface area contributed by atoms with Gasteiger partial charge in [0, 0.05) is 12.8 Å². The third kappa shape index (κ3) is 1.30. The molecule has 0 heterocycles. The predicted octanol–water partition coefficient (Wildman–Crippen LogP) is 0.490. The molecule has 1 aliphatic rings. The Labute approximate surface area is 48.5 Å². The Kier molecular flexibility index (Phi) is 1.63. The van der Waals surface area contributed by atoms with Gasteiger partial charge < -0.3 is 5.11 Å². The number of carbonyl (C=O) groups is 1. The van der Waals surface area contributed by atoms with Gasteiger partial charge in [-0.05, 0) is 12.8 Å². The summed E-state index contributed by atoms with van der Waals surface area (Å²) in [6, 6.07) is 0. The van der Waals surface area contributed by atoms with E-state index in [2.05, 4.69) is 0 Å². The highest BCUT2D eigenvalue weighted by Gasteiger charge is 2.15. The second-order valence-corrected chi connectivity index (χ2v) is 2.29. The molecule has 2 heteroatoms. The first kappa shape index (κ1) is 5.76. The van der Waals surface area contributed by atoms with Crippen LogP contribution in [0.3, 0.4) is 0 Å². The molecular formula is C6H10O2. The minimum absolute atomic E-state index is 0.212. The van der Waals surface area contributed by atoms with Crippen molar-refractivity contribution in [3.63, 3.8) is 0 Å². The van der Waals surface area contributed by atoms with Gasteiger partial charge in [-0.25, -0.2) is 0 Å². The zero-order valence-electron chi connectivity index (χ0n) is 4.76. The highest BCUT2D eigenvalue weighted by molar-refractivity contribution is 5.79. The summed E-state index contributed by atoms with van der Waals surface area (Å²) in [5.74, 6) is 0.212. The van der Waals surface area contributed by atoms with Crippen LogP contribution in [0.25, 0.3) is 0 Å². The van der Waals surface area contributed by atoms with Gasteiger partial charge in [-0.15, -0.1) is 0 Å². The third-order valence-electron chi connectivity index (χ3n) is 1.46. The van der Waals surface area contributed by atoms with Gasteiger partial charge in [0.1, 0.15) is 5.78 Å². The van der Waals surface area contributed by atoms with Crippen molar-refractivity contribution in [1.82, 2.24) is 0 Å². The number of carbonyl (C=O) groups excluding carboxylic acids is 1. The maximum Gasteiger partial charge on any atom is 0.135 e. The zero-order valence-corrected chi connectivity index (χ0v) is 4.76. The smallest absolute Gasteiger partial charge is 0.135 e. The van der Waals surface area contributed by atoms with E-state index in [0.717, 1.165) is 12.8 Å². The second-order valence-electron chi connectivity index (χ2n) is 2.29. The lowest BCUT2D eigenvalue weighted by atomic mass is 9.97. The standard InChI is InChI=1S/C6H10O2/c7-5-2-1-3-6(8)4-5/h5,7H,1-4H2/t5-/m1/s1. The minimum Gasteiger partial charge on any atom is -0.393 e. The van der Waals surface area contributed by atoms with Crippen molar-refractivity contribution in [2.24, 2.45) is 0 Å². The molecule has 46 valence electrons. The second kappa shape index (κ2) is 2.27. The summed E-state index contributed by atoms with van der Waals surface area (Å²) < 4.78 is 0. The molecule has 1 fully saturated rings. The van der Waals surface area contributed by atoms with E-state index >= 15 is 0 Å². The van der Waals surface area contributed by atoms with Gasteiger partial charge in [0.25, 0.3) is 0 Å². The van der Waals surface area contributed by atoms with Gasteiger partial charge in [0.05, 0.1) is 6.10 Å². The Hall–Kier alpha value is -0.370. The molecule has 1 atom stereocenters. The number of rotatable bonds is 0. The van der Waals surface area contributed by atoms with Crippen molar-refractivity contribution in [3.8, 4) is 0 Å². The summed E-state index contributed by atoms with van der Waals surface area (Å²) in [6.45, 7) is 0. The van der Waals surface area contributed by atoms with Crippen molar-refractivity contribution in [2.45, 2.75) is 31.8 Å². The first-order valence-corrected chi connectivity index (χ1v) is 2.99. The van der Waals surface area contributed by atoms with Crippen LogP contribution in [0.2, 0.25) is 0 Å². The lowest BCUT2D eigenvalue weighted by molar-refractivity contribution is -0.122. The number of ketones is 1. The Balaban J connectivity index is 2.34. The molecule has 0 spiro atoms. The molecule has 1 saturated carbocycles. The van der Waals surface area contributed by atoms with E-state index in [1.54, 1.807) is 0 Å². The van der Waals surface area contributed by atoms with Crippen LogP contribution in [0, 0.1) is 0 Å². The summed E-state index contributed by atoms with van der Waals surface area (Å²) >= 11 is 0. The van der Waals surface area contributed by atoms with Crippen molar-refractivity contribution in [2.75, 3.05) is 0 Å². The zero-order chi connectivity index (χ0) is 5.98. The Morgan fingerprint density at radius 3 is 2.75 bits per heavy atom. The van der Waals surface area contributed by atoms with Gasteiger partial charge in [0.2, 0.25) is 0 Å². The molecule has 0 aromatic heterocycles. The molecule has 0 aromatic rings. The lowest BCUT2D eigenvalue weighted by Gasteiger charge is -2.13. The van der Waals surface area contributed by atoms with Crippen LogP contribution >= 0.6 is 0 Å². The van der Waals surface area contributed by atoms with Crippen LogP contribution in [0.15, 0.2) is 0 Å². The van der Waals surface area contributed by atoms with Gasteiger partial charge in [-0.1, -0.05) is 0 Å². The Morgan fingerprint density at radius 2 is 2.38 bits per heavy atom. The first-order chi connectivity index (χ1) is 3.79. The van der Waals surface area contributed by atoms with Gasteiger partial charge in [-0.3, -0.25) is 4.79 Å². The molecule has 0 amide bonds. The predicted molar refractivity (Wildman–Crippen MR) is 29.5 cm³/mol. The van der Waals surface area contributed by atoms with Crippen molar-refractivity contribution >= 4 is 5.78 Å². The average Bonchev–Trinajstić information content (AvgIpc) is 1.64. The molecule has 8 heavy (non-hydrogen) atoms. The molecule has 2 nitrogen and oxygen atoms in total. The molecule has 0 aliphatic heterocycles. The molecule has 1 aliphatic carbocycles. The number of hydrogen-bond donors (Lipinski definition) is 1. The number of aliphatic hydroxyl groups excluding tert-OH is 1. The molecule has 0 aromatic carbocycles. The highest BCUT2D eigenvalue weighted by Crippen LogP contribution is 2.13. The van der Waals surface area contributed by atoms with Gasteiger partial charge in [-0.2, -0.15) is 0 Å². The highest BCUT2D eigenvalue weighted by atomic mass is 16.3. The molecule has 0 unspecified atom stereocenters. The number of Topliss-reactive ketones (excluding diaryl/α,β-unsaturated/α-hetero) is 1. The molecule has 1 rings (SSSR count). The molecule has 1 N–H and O–H groups in total. The van der Waals surface area contributed by atoms with E-state index in [9.17, 15) is 4.79 Å². The topological polar surface area (TPSA) is 37.3 Å². The van der Waals surface area contributed by atoms with E-state index in [1.807, 2.05) is 0 Å². The summed E-state index contributed by atoms with van der Waals surface area (Å²) in [7, 11) is 0. The van der Waals surface area contributed by atoms with E-state index in [4.69, 9.17) is 5.11 Å². The van der Waals surface area contributed by atoms with E-state index in [1.165, 1.54) is 0 Å². The Morgan fingerprint density at radius 1 is 1.62 bits per heavy atom. The number of hydrogen-bond acceptors (Lipinski definition) is 2. The molecule has 0 saturated heterocycles. The fourth-order valence-corrected chi connectivity index (χ4v) is 1.00. The molecular weight excluding hydrogens is 104 g/mol. The van der Waals surface area contributed by atoms with Crippen LogP contribution in [-0.4, -0.2) is 17.0 Å². The van der Waals surface area contributed by atoms with E-state index < -0.39 is 0 Å². The van der Waals surface area contributed by atoms with Crippen LogP contribution in [0.5, 0.6) is 0 Å². The van der Waals surface area contributed by atoms with Crippen LogP contribution < -0.4 is 0 Å². The van der Waals surface area contributed by atoms with E-state index in [0.29, 0.717) is 12.8 Å². The average molecular weight is 114 g/mol. The van der Waals surface area contributed by atoms with Crippen LogP contribution in [0.1, 0.15) is 25.7 Å². The van der Waals surface area contributed by atoms with E-state index in [-0.39, 0.29) is 11.9 Å². The lowest BCUT2D eigenvalue weighted by Crippen LogP contribution is -2.18. The fraction of sp³-hybridized carbons (Fsp3) is 0.833. The summed E-state index contributed by atoms with van der Waals surface area (Å²) in [6.07, 6.45) is 2.42. The fourth-order valence-electron chi connectivity index (χ4n) is 1.00. The number of aliphatic hydroxyl groups is 1. The maximum atomic E-state index is 10.5. The minimum atomic E-state index is -0.337. The third-order valence-corrected chi connectivity index (χ3v) is 1.46. The quantitative estimate of drug-likeness (QED) is 0.497. The van der Waals surface area contributed by atoms with Crippen LogP contribution in [-0.2, 0) is 4.79 Å². The summed E-state index contributed by atoms with van der Waals surface area (Å²) in [5.41, 5.74) is 0. The van der Waals surface area contributed by atoms with Crippen molar-refractivity contribution in [3.05, 3.63) is 0 Å². The van der Waals surface area contributed by atoms with Gasteiger partial charge in [0.15, 0.2) is 0 Å². The monoisotopic (exact) mass is 114 g/mol.